The van der Waals surface area contributed by atoms with Gasteiger partial charge in [-0.2, -0.15) is 0 Å². The number of para-hydroxylation sites is 3. The molecule has 9 aromatic carbocycles. The van der Waals surface area contributed by atoms with E-state index in [-0.39, 0.29) is 0 Å². The third-order valence-corrected chi connectivity index (χ3v) is 10.8. The largest absolute Gasteiger partial charge is 0.292 e. The molecule has 10 aromatic rings. The van der Waals surface area contributed by atoms with Crippen LogP contribution in [0.1, 0.15) is 0 Å². The van der Waals surface area contributed by atoms with Crippen molar-refractivity contribution in [2.45, 2.75) is 0 Å². The molecule has 2 heteroatoms. The standard InChI is InChI=1S/C49H30N2/c1-2-15-31(16-3-1)51-45-28-13-12-27-44(45)50-49(51)43-24-11-10-23-40(43)47-35-19-6-8-21-37(35)48(38-22-9-7-20-36(38)47)42-30-29-41-33-18-5-4-17-32(33)34-25-14-26-39(42)46(34)41/h1-30H. The van der Waals surface area contributed by atoms with Crippen molar-refractivity contribution in [1.29, 1.82) is 0 Å². The first-order valence-electron chi connectivity index (χ1n) is 17.6. The predicted molar refractivity (Wildman–Crippen MR) is 214 cm³/mol. The van der Waals surface area contributed by atoms with Gasteiger partial charge in [0, 0.05) is 11.3 Å². The van der Waals surface area contributed by atoms with Gasteiger partial charge in [-0.15, -0.1) is 0 Å². The molecule has 1 aliphatic carbocycles. The minimum atomic E-state index is 0.933. The number of benzene rings is 9. The van der Waals surface area contributed by atoms with Crippen LogP contribution in [0.15, 0.2) is 182 Å². The van der Waals surface area contributed by atoms with E-state index in [9.17, 15) is 0 Å². The van der Waals surface area contributed by atoms with Gasteiger partial charge in [-0.1, -0.05) is 158 Å². The van der Waals surface area contributed by atoms with Crippen LogP contribution in [-0.4, -0.2) is 9.55 Å². The van der Waals surface area contributed by atoms with Gasteiger partial charge in [0.25, 0.3) is 0 Å². The second-order valence-electron chi connectivity index (χ2n) is 13.4. The molecule has 0 spiro atoms. The van der Waals surface area contributed by atoms with Crippen molar-refractivity contribution in [2.75, 3.05) is 0 Å². The van der Waals surface area contributed by atoms with E-state index < -0.39 is 0 Å². The first-order chi connectivity index (χ1) is 25.3. The average Bonchev–Trinajstić information content (AvgIpc) is 3.75. The maximum Gasteiger partial charge on any atom is 0.146 e. The zero-order valence-corrected chi connectivity index (χ0v) is 27.7. The van der Waals surface area contributed by atoms with Gasteiger partial charge in [-0.3, -0.25) is 4.57 Å². The highest BCUT2D eigenvalue weighted by Crippen LogP contribution is 2.52. The molecule has 1 aromatic heterocycles. The average molecular weight is 647 g/mol. The van der Waals surface area contributed by atoms with E-state index in [1.54, 1.807) is 0 Å². The minimum absolute atomic E-state index is 0.933. The lowest BCUT2D eigenvalue weighted by molar-refractivity contribution is 1.10. The monoisotopic (exact) mass is 646 g/mol. The highest BCUT2D eigenvalue weighted by Gasteiger charge is 2.25. The third kappa shape index (κ3) is 4.02. The van der Waals surface area contributed by atoms with Crippen molar-refractivity contribution in [2.24, 2.45) is 0 Å². The first kappa shape index (κ1) is 28.1. The van der Waals surface area contributed by atoms with Crippen LogP contribution in [0.25, 0.3) is 105 Å². The lowest BCUT2D eigenvalue weighted by atomic mass is 9.83. The van der Waals surface area contributed by atoms with Gasteiger partial charge < -0.3 is 0 Å². The Labute approximate surface area is 295 Å². The fraction of sp³-hybridized carbons (Fsp3) is 0. The third-order valence-electron chi connectivity index (χ3n) is 10.8. The summed E-state index contributed by atoms with van der Waals surface area (Å²) in [4.78, 5) is 5.31. The Morgan fingerprint density at radius 3 is 1.47 bits per heavy atom. The molecule has 0 atom stereocenters. The highest BCUT2D eigenvalue weighted by molar-refractivity contribution is 6.27. The summed E-state index contributed by atoms with van der Waals surface area (Å²) in [5.74, 6) is 0.933. The molecule has 0 amide bonds. The summed E-state index contributed by atoms with van der Waals surface area (Å²) in [5.41, 5.74) is 14.5. The molecule has 0 radical (unpaired) electrons. The Balaban J connectivity index is 1.23. The summed E-state index contributed by atoms with van der Waals surface area (Å²) in [7, 11) is 0. The van der Waals surface area contributed by atoms with Crippen molar-refractivity contribution in [3.8, 4) is 61.6 Å². The number of hydrogen-bond donors (Lipinski definition) is 0. The summed E-state index contributed by atoms with van der Waals surface area (Å²) >= 11 is 0. The van der Waals surface area contributed by atoms with Gasteiger partial charge in [-0.25, -0.2) is 4.98 Å². The van der Waals surface area contributed by atoms with E-state index >= 15 is 0 Å². The van der Waals surface area contributed by atoms with Crippen molar-refractivity contribution in [3.63, 3.8) is 0 Å². The Hall–Kier alpha value is -6.77. The predicted octanol–water partition coefficient (Wildman–Crippen LogP) is 13.1. The molecule has 0 unspecified atom stereocenters. The van der Waals surface area contributed by atoms with Crippen LogP contribution >= 0.6 is 0 Å². The van der Waals surface area contributed by atoms with Gasteiger partial charge in [0.1, 0.15) is 5.82 Å². The fourth-order valence-corrected chi connectivity index (χ4v) is 8.68. The quantitative estimate of drug-likeness (QED) is 0.174. The van der Waals surface area contributed by atoms with Crippen LogP contribution in [0, 0.1) is 0 Å². The molecule has 0 bridgehead atoms. The van der Waals surface area contributed by atoms with E-state index in [1.807, 2.05) is 0 Å². The zero-order chi connectivity index (χ0) is 33.5. The summed E-state index contributed by atoms with van der Waals surface area (Å²) in [6.07, 6.45) is 0. The lowest BCUT2D eigenvalue weighted by Crippen LogP contribution is -1.99. The number of hydrogen-bond acceptors (Lipinski definition) is 1. The Bertz CT molecular complexity index is 2940. The second-order valence-corrected chi connectivity index (χ2v) is 13.4. The van der Waals surface area contributed by atoms with Gasteiger partial charge >= 0.3 is 0 Å². The number of imidazole rings is 1. The van der Waals surface area contributed by atoms with E-state index in [4.69, 9.17) is 4.98 Å². The molecule has 0 N–H and O–H groups in total. The molecule has 0 aliphatic heterocycles. The molecule has 0 saturated carbocycles. The topological polar surface area (TPSA) is 17.8 Å². The van der Waals surface area contributed by atoms with Crippen molar-refractivity contribution in [1.82, 2.24) is 9.55 Å². The van der Waals surface area contributed by atoms with E-state index in [0.717, 1.165) is 28.1 Å². The lowest BCUT2D eigenvalue weighted by Gasteiger charge is -2.21. The smallest absolute Gasteiger partial charge is 0.146 e. The molecule has 1 heterocycles. The molecular formula is C49H30N2. The van der Waals surface area contributed by atoms with Crippen LogP contribution in [0.5, 0.6) is 0 Å². The fourth-order valence-electron chi connectivity index (χ4n) is 8.68. The SMILES string of the molecule is c1ccc(-n2c(-c3ccccc3-c3c4ccccc4c(-c4ccc5c6c(cccc46)-c4ccccc4-5)c4ccccc34)nc3ccccc32)cc1. The molecule has 236 valence electrons. The zero-order valence-electron chi connectivity index (χ0n) is 27.7. The molecule has 0 fully saturated rings. The summed E-state index contributed by atoms with van der Waals surface area (Å²) in [6.45, 7) is 0. The van der Waals surface area contributed by atoms with Gasteiger partial charge in [0.15, 0.2) is 0 Å². The molecule has 1 aliphatic rings. The second kappa shape index (κ2) is 10.9. The van der Waals surface area contributed by atoms with Crippen LogP contribution < -0.4 is 0 Å². The van der Waals surface area contributed by atoms with Gasteiger partial charge in [0.05, 0.1) is 11.0 Å². The highest BCUT2D eigenvalue weighted by atomic mass is 15.1. The summed E-state index contributed by atoms with van der Waals surface area (Å²) in [5, 5.41) is 7.59. The molecular weight excluding hydrogens is 617 g/mol. The van der Waals surface area contributed by atoms with Crippen LogP contribution in [0.4, 0.5) is 0 Å². The van der Waals surface area contributed by atoms with E-state index in [0.29, 0.717) is 0 Å². The molecule has 11 rings (SSSR count). The van der Waals surface area contributed by atoms with Crippen molar-refractivity contribution >= 4 is 43.4 Å². The number of rotatable bonds is 4. The number of nitrogens with zero attached hydrogens (tertiary/aromatic N) is 2. The normalized spacial score (nSPS) is 11.9. The van der Waals surface area contributed by atoms with Crippen molar-refractivity contribution < 1.29 is 0 Å². The van der Waals surface area contributed by atoms with Crippen LogP contribution in [-0.2, 0) is 0 Å². The Kier molecular flexibility index (Phi) is 5.99. The van der Waals surface area contributed by atoms with Gasteiger partial charge in [0.2, 0.25) is 0 Å². The van der Waals surface area contributed by atoms with Crippen molar-refractivity contribution in [3.05, 3.63) is 182 Å². The van der Waals surface area contributed by atoms with Crippen LogP contribution in [0.2, 0.25) is 0 Å². The Morgan fingerprint density at radius 2 is 0.784 bits per heavy atom. The van der Waals surface area contributed by atoms with Gasteiger partial charge in [-0.05, 0) is 101 Å². The van der Waals surface area contributed by atoms with Crippen LogP contribution in [0.3, 0.4) is 0 Å². The first-order valence-corrected chi connectivity index (χ1v) is 17.6. The van der Waals surface area contributed by atoms with E-state index in [2.05, 4.69) is 187 Å². The molecule has 0 saturated heterocycles. The number of aromatic nitrogens is 2. The molecule has 2 nitrogen and oxygen atoms in total. The van der Waals surface area contributed by atoms with E-state index in [1.165, 1.54) is 76.8 Å². The number of fused-ring (bicyclic) bond motifs is 6. The summed E-state index contributed by atoms with van der Waals surface area (Å²) in [6, 6.07) is 66.1. The Morgan fingerprint density at radius 1 is 0.314 bits per heavy atom. The molecule has 51 heavy (non-hydrogen) atoms. The summed E-state index contributed by atoms with van der Waals surface area (Å²) < 4.78 is 2.30. The maximum atomic E-state index is 5.31. The minimum Gasteiger partial charge on any atom is -0.292 e. The maximum absolute atomic E-state index is 5.31.